The second kappa shape index (κ2) is 6.27. The van der Waals surface area contributed by atoms with Crippen LogP contribution in [0.25, 0.3) is 11.3 Å². The molecule has 4 rings (SSSR count). The standard InChI is InChI=1S/C19H24N2O/c1-2-4-16(5-3-1)19-9-8-18(22-19)13-20-12-15-10-11-21(14-15)17-6-7-17/h1-5,8-9,15,17,20H,6-7,10-14H2. The molecule has 0 amide bonds. The minimum Gasteiger partial charge on any atom is -0.460 e. The Morgan fingerprint density at radius 2 is 1.91 bits per heavy atom. The highest BCUT2D eigenvalue weighted by Gasteiger charge is 2.33. The van der Waals surface area contributed by atoms with Crippen molar-refractivity contribution < 1.29 is 4.42 Å². The molecule has 1 unspecified atom stereocenters. The van der Waals surface area contributed by atoms with Crippen LogP contribution in [0.5, 0.6) is 0 Å². The normalized spacial score (nSPS) is 22.3. The first kappa shape index (κ1) is 14.0. The second-order valence-electron chi connectivity index (χ2n) is 6.64. The summed E-state index contributed by atoms with van der Waals surface area (Å²) in [5, 5.41) is 3.57. The van der Waals surface area contributed by atoms with Crippen LogP contribution in [0.3, 0.4) is 0 Å². The van der Waals surface area contributed by atoms with Crippen LogP contribution in [0, 0.1) is 5.92 Å². The maximum atomic E-state index is 5.93. The molecule has 3 nitrogen and oxygen atoms in total. The zero-order valence-electron chi connectivity index (χ0n) is 13.0. The summed E-state index contributed by atoms with van der Waals surface area (Å²) in [5.74, 6) is 2.79. The highest BCUT2D eigenvalue weighted by Crippen LogP contribution is 2.31. The van der Waals surface area contributed by atoms with Gasteiger partial charge in [-0.1, -0.05) is 30.3 Å². The number of likely N-dealkylation sites (tertiary alicyclic amines) is 1. The molecule has 0 radical (unpaired) electrons. The van der Waals surface area contributed by atoms with E-state index in [0.29, 0.717) is 0 Å². The molecule has 2 aromatic rings. The van der Waals surface area contributed by atoms with Gasteiger partial charge in [-0.3, -0.25) is 0 Å². The number of nitrogens with zero attached hydrogens (tertiary/aromatic N) is 1. The van der Waals surface area contributed by atoms with E-state index < -0.39 is 0 Å². The summed E-state index contributed by atoms with van der Waals surface area (Å²) in [5.41, 5.74) is 1.14. The maximum absolute atomic E-state index is 5.93. The van der Waals surface area contributed by atoms with Gasteiger partial charge in [-0.2, -0.15) is 0 Å². The molecule has 1 aliphatic heterocycles. The van der Waals surface area contributed by atoms with Crippen LogP contribution in [0.15, 0.2) is 46.9 Å². The van der Waals surface area contributed by atoms with Crippen LogP contribution in [0.4, 0.5) is 0 Å². The highest BCUT2D eigenvalue weighted by atomic mass is 16.3. The van der Waals surface area contributed by atoms with Gasteiger partial charge in [0.1, 0.15) is 11.5 Å². The second-order valence-corrected chi connectivity index (χ2v) is 6.64. The fourth-order valence-electron chi connectivity index (χ4n) is 3.43. The van der Waals surface area contributed by atoms with E-state index >= 15 is 0 Å². The van der Waals surface area contributed by atoms with E-state index in [4.69, 9.17) is 4.42 Å². The van der Waals surface area contributed by atoms with Gasteiger partial charge in [0.15, 0.2) is 0 Å². The van der Waals surface area contributed by atoms with Gasteiger partial charge in [-0.05, 0) is 50.4 Å². The zero-order chi connectivity index (χ0) is 14.8. The third kappa shape index (κ3) is 3.26. The van der Waals surface area contributed by atoms with E-state index in [0.717, 1.165) is 42.1 Å². The maximum Gasteiger partial charge on any atom is 0.134 e. The van der Waals surface area contributed by atoms with E-state index in [-0.39, 0.29) is 0 Å². The number of nitrogens with one attached hydrogen (secondary N) is 1. The number of rotatable bonds is 6. The van der Waals surface area contributed by atoms with Crippen LogP contribution in [0.2, 0.25) is 0 Å². The van der Waals surface area contributed by atoms with Crippen molar-refractivity contribution in [1.82, 2.24) is 10.2 Å². The van der Waals surface area contributed by atoms with Gasteiger partial charge in [0.25, 0.3) is 0 Å². The minimum absolute atomic E-state index is 0.809. The van der Waals surface area contributed by atoms with Gasteiger partial charge in [0.2, 0.25) is 0 Å². The Bertz CT molecular complexity index is 603. The Kier molecular flexibility index (Phi) is 4.00. The monoisotopic (exact) mass is 296 g/mol. The van der Waals surface area contributed by atoms with Crippen molar-refractivity contribution in [3.63, 3.8) is 0 Å². The van der Waals surface area contributed by atoms with Gasteiger partial charge in [-0.25, -0.2) is 0 Å². The molecule has 116 valence electrons. The molecular formula is C19H24N2O. The van der Waals surface area contributed by atoms with Gasteiger partial charge >= 0.3 is 0 Å². The average molecular weight is 296 g/mol. The molecule has 1 saturated carbocycles. The number of benzene rings is 1. The van der Waals surface area contributed by atoms with Gasteiger partial charge in [-0.15, -0.1) is 0 Å². The lowest BCUT2D eigenvalue weighted by atomic mass is 10.1. The zero-order valence-corrected chi connectivity index (χ0v) is 13.0. The molecule has 0 spiro atoms. The fourth-order valence-corrected chi connectivity index (χ4v) is 3.43. The van der Waals surface area contributed by atoms with Crippen LogP contribution < -0.4 is 5.32 Å². The lowest BCUT2D eigenvalue weighted by Crippen LogP contribution is -2.27. The molecule has 2 heterocycles. The predicted octanol–water partition coefficient (Wildman–Crippen LogP) is 3.52. The van der Waals surface area contributed by atoms with Crippen molar-refractivity contribution in [2.45, 2.75) is 31.8 Å². The number of hydrogen-bond acceptors (Lipinski definition) is 3. The third-order valence-corrected chi connectivity index (χ3v) is 4.83. The molecule has 2 aliphatic rings. The average Bonchev–Trinajstić information content (AvgIpc) is 3.11. The summed E-state index contributed by atoms with van der Waals surface area (Å²) in [7, 11) is 0. The van der Waals surface area contributed by atoms with Gasteiger partial charge in [0.05, 0.1) is 6.54 Å². The first-order valence-corrected chi connectivity index (χ1v) is 8.47. The summed E-state index contributed by atoms with van der Waals surface area (Å²) in [4.78, 5) is 2.67. The molecule has 2 fully saturated rings. The predicted molar refractivity (Wildman–Crippen MR) is 88.6 cm³/mol. The van der Waals surface area contributed by atoms with Crippen molar-refractivity contribution in [2.75, 3.05) is 19.6 Å². The summed E-state index contributed by atoms with van der Waals surface area (Å²) >= 11 is 0. The Morgan fingerprint density at radius 1 is 1.05 bits per heavy atom. The van der Waals surface area contributed by atoms with Gasteiger partial charge in [0, 0.05) is 18.2 Å². The van der Waals surface area contributed by atoms with E-state index in [9.17, 15) is 0 Å². The van der Waals surface area contributed by atoms with Crippen molar-refractivity contribution in [2.24, 2.45) is 5.92 Å². The molecule has 1 aliphatic carbocycles. The quantitative estimate of drug-likeness (QED) is 0.884. The highest BCUT2D eigenvalue weighted by molar-refractivity contribution is 5.57. The summed E-state index contributed by atoms with van der Waals surface area (Å²) in [6, 6.07) is 15.4. The number of furan rings is 1. The van der Waals surface area contributed by atoms with Crippen molar-refractivity contribution in [3.8, 4) is 11.3 Å². The van der Waals surface area contributed by atoms with E-state index in [1.165, 1.54) is 32.4 Å². The Labute approximate surface area is 132 Å². The molecule has 3 heteroatoms. The molecule has 0 bridgehead atoms. The van der Waals surface area contributed by atoms with E-state index in [1.54, 1.807) is 0 Å². The van der Waals surface area contributed by atoms with Gasteiger partial charge < -0.3 is 14.6 Å². The molecule has 1 saturated heterocycles. The van der Waals surface area contributed by atoms with Crippen LogP contribution in [-0.4, -0.2) is 30.6 Å². The van der Waals surface area contributed by atoms with E-state index in [1.807, 2.05) is 18.2 Å². The van der Waals surface area contributed by atoms with Crippen molar-refractivity contribution in [3.05, 3.63) is 48.2 Å². The van der Waals surface area contributed by atoms with Crippen LogP contribution in [-0.2, 0) is 6.54 Å². The van der Waals surface area contributed by atoms with Crippen LogP contribution >= 0.6 is 0 Å². The van der Waals surface area contributed by atoms with Crippen molar-refractivity contribution in [1.29, 1.82) is 0 Å². The van der Waals surface area contributed by atoms with Crippen LogP contribution in [0.1, 0.15) is 25.0 Å². The Balaban J connectivity index is 1.25. The SMILES string of the molecule is c1ccc(-c2ccc(CNCC3CCN(C4CC4)C3)o2)cc1. The first-order valence-electron chi connectivity index (χ1n) is 8.47. The number of hydrogen-bond donors (Lipinski definition) is 1. The summed E-state index contributed by atoms with van der Waals surface area (Å²) in [6.07, 6.45) is 4.19. The largest absolute Gasteiger partial charge is 0.460 e. The first-order chi connectivity index (χ1) is 10.9. The fraction of sp³-hybridized carbons (Fsp3) is 0.474. The smallest absolute Gasteiger partial charge is 0.134 e. The molecule has 1 aromatic carbocycles. The lowest BCUT2D eigenvalue weighted by Gasteiger charge is -2.14. The lowest BCUT2D eigenvalue weighted by molar-refractivity contribution is 0.311. The Hall–Kier alpha value is -1.58. The van der Waals surface area contributed by atoms with E-state index in [2.05, 4.69) is 34.5 Å². The molecular weight excluding hydrogens is 272 g/mol. The molecule has 1 atom stereocenters. The third-order valence-electron chi connectivity index (χ3n) is 4.83. The molecule has 1 aromatic heterocycles. The Morgan fingerprint density at radius 3 is 2.73 bits per heavy atom. The molecule has 22 heavy (non-hydrogen) atoms. The van der Waals surface area contributed by atoms with Crippen molar-refractivity contribution >= 4 is 0 Å². The topological polar surface area (TPSA) is 28.4 Å². The summed E-state index contributed by atoms with van der Waals surface area (Å²) in [6.45, 7) is 4.51. The summed E-state index contributed by atoms with van der Waals surface area (Å²) < 4.78 is 5.93. The molecule has 1 N–H and O–H groups in total. The minimum atomic E-state index is 0.809.